The second-order valence-electron chi connectivity index (χ2n) is 7.60. The topological polar surface area (TPSA) is 60.2 Å². The van der Waals surface area contributed by atoms with Crippen LogP contribution in [0.25, 0.3) is 32.2 Å². The molecule has 29 heavy (non-hydrogen) atoms. The van der Waals surface area contributed by atoms with E-state index >= 15 is 0 Å². The summed E-state index contributed by atoms with van der Waals surface area (Å²) in [5.41, 5.74) is 3.95. The van der Waals surface area contributed by atoms with Crippen LogP contribution in [0.4, 0.5) is 0 Å². The number of ether oxygens (including phenoxy) is 1. The fourth-order valence-corrected chi connectivity index (χ4v) is 5.26. The van der Waals surface area contributed by atoms with E-state index in [0.717, 1.165) is 55.7 Å². The Bertz CT molecular complexity index is 1240. The number of pyridine rings is 1. The number of aromatic nitrogens is 3. The molecule has 1 atom stereocenters. The van der Waals surface area contributed by atoms with Gasteiger partial charge in [-0.2, -0.15) is 5.10 Å². The van der Waals surface area contributed by atoms with Crippen molar-refractivity contribution in [3.8, 4) is 11.1 Å². The summed E-state index contributed by atoms with van der Waals surface area (Å²) < 4.78 is 8.31. The number of aryl methyl sites for hydroxylation is 2. The lowest BCUT2D eigenvalue weighted by Crippen LogP contribution is -2.29. The summed E-state index contributed by atoms with van der Waals surface area (Å²) in [6, 6.07) is 8.48. The quantitative estimate of drug-likeness (QED) is 0.516. The predicted octanol–water partition coefficient (Wildman–Crippen LogP) is 4.02. The second kappa shape index (κ2) is 6.93. The van der Waals surface area contributed by atoms with E-state index in [1.807, 2.05) is 31.3 Å². The van der Waals surface area contributed by atoms with Crippen molar-refractivity contribution in [1.82, 2.24) is 19.7 Å². The first kappa shape index (κ1) is 18.3. The third kappa shape index (κ3) is 3.10. The molecule has 3 aromatic heterocycles. The lowest BCUT2D eigenvalue weighted by atomic mass is 10.0. The number of benzene rings is 1. The highest BCUT2D eigenvalue weighted by Crippen LogP contribution is 2.35. The Morgan fingerprint density at radius 2 is 2.14 bits per heavy atom. The molecule has 1 saturated heterocycles. The van der Waals surface area contributed by atoms with Gasteiger partial charge in [0.15, 0.2) is 5.65 Å². The number of likely N-dealkylation sites (tertiary alicyclic amines) is 1. The van der Waals surface area contributed by atoms with Crippen LogP contribution in [0.15, 0.2) is 36.7 Å². The van der Waals surface area contributed by atoms with Crippen LogP contribution in [0.2, 0.25) is 0 Å². The Labute approximate surface area is 172 Å². The van der Waals surface area contributed by atoms with Crippen molar-refractivity contribution < 1.29 is 9.53 Å². The largest absolute Gasteiger partial charge is 0.380 e. The molecule has 0 unspecified atom stereocenters. The molecule has 1 aliphatic rings. The lowest BCUT2D eigenvalue weighted by Gasteiger charge is -2.15. The van der Waals surface area contributed by atoms with Crippen LogP contribution < -0.4 is 0 Å². The fourth-order valence-electron chi connectivity index (χ4n) is 4.05. The zero-order chi connectivity index (χ0) is 20.1. The molecule has 0 radical (unpaired) electrons. The van der Waals surface area contributed by atoms with Gasteiger partial charge in [-0.25, -0.2) is 4.98 Å². The van der Waals surface area contributed by atoms with Gasteiger partial charge in [-0.15, -0.1) is 11.3 Å². The Balaban J connectivity index is 1.51. The minimum atomic E-state index is 0.114. The first-order chi connectivity index (χ1) is 14.0. The molecule has 1 amide bonds. The van der Waals surface area contributed by atoms with E-state index in [-0.39, 0.29) is 12.0 Å². The maximum Gasteiger partial charge on any atom is 0.264 e. The van der Waals surface area contributed by atoms with E-state index < -0.39 is 0 Å². The molecule has 0 N–H and O–H groups in total. The van der Waals surface area contributed by atoms with Crippen molar-refractivity contribution in [3.05, 3.63) is 47.1 Å². The summed E-state index contributed by atoms with van der Waals surface area (Å²) in [7, 11) is 3.61. The van der Waals surface area contributed by atoms with Crippen LogP contribution in [0.3, 0.4) is 0 Å². The number of rotatable bonds is 3. The Morgan fingerprint density at radius 3 is 2.93 bits per heavy atom. The number of carbonyl (C=O) groups excluding carboxylic acids is 1. The third-order valence-corrected chi connectivity index (χ3v) is 6.95. The van der Waals surface area contributed by atoms with Crippen LogP contribution in [-0.4, -0.2) is 51.9 Å². The molecule has 148 valence electrons. The van der Waals surface area contributed by atoms with Crippen molar-refractivity contribution in [1.29, 1.82) is 0 Å². The number of hydrogen-bond donors (Lipinski definition) is 0. The van der Waals surface area contributed by atoms with Gasteiger partial charge in [0, 0.05) is 55.3 Å². The van der Waals surface area contributed by atoms with Crippen LogP contribution in [0, 0.1) is 6.92 Å². The second-order valence-corrected chi connectivity index (χ2v) is 8.66. The van der Waals surface area contributed by atoms with Crippen LogP contribution in [-0.2, 0) is 11.8 Å². The zero-order valence-electron chi connectivity index (χ0n) is 16.7. The molecular formula is C22H22N4O2S. The van der Waals surface area contributed by atoms with Crippen molar-refractivity contribution in [2.24, 2.45) is 7.05 Å². The molecule has 0 spiro atoms. The fraction of sp³-hybridized carbons (Fsp3) is 0.318. The van der Waals surface area contributed by atoms with E-state index in [9.17, 15) is 4.79 Å². The number of carbonyl (C=O) groups is 1. The highest BCUT2D eigenvalue weighted by molar-refractivity contribution is 7.21. The van der Waals surface area contributed by atoms with E-state index in [2.05, 4.69) is 34.3 Å². The minimum absolute atomic E-state index is 0.114. The number of hydrogen-bond acceptors (Lipinski definition) is 5. The summed E-state index contributed by atoms with van der Waals surface area (Å²) in [5.74, 6) is 0.114. The monoisotopic (exact) mass is 406 g/mol. The van der Waals surface area contributed by atoms with Crippen LogP contribution in [0.5, 0.6) is 0 Å². The van der Waals surface area contributed by atoms with Crippen LogP contribution in [0.1, 0.15) is 21.7 Å². The summed E-state index contributed by atoms with van der Waals surface area (Å²) >= 11 is 1.58. The van der Waals surface area contributed by atoms with E-state index in [0.29, 0.717) is 6.54 Å². The molecule has 4 aromatic rings. The summed E-state index contributed by atoms with van der Waals surface area (Å²) in [6.07, 6.45) is 4.88. The normalized spacial score (nSPS) is 16.9. The van der Waals surface area contributed by atoms with Gasteiger partial charge in [-0.1, -0.05) is 12.1 Å². The van der Waals surface area contributed by atoms with Gasteiger partial charge in [0.2, 0.25) is 0 Å². The van der Waals surface area contributed by atoms with E-state index in [4.69, 9.17) is 4.74 Å². The molecule has 0 aliphatic carbocycles. The first-order valence-electron chi connectivity index (χ1n) is 9.68. The lowest BCUT2D eigenvalue weighted by molar-refractivity contribution is 0.0728. The summed E-state index contributed by atoms with van der Waals surface area (Å²) in [5, 5.41) is 6.50. The number of thiophene rings is 1. The number of amides is 1. The zero-order valence-corrected chi connectivity index (χ0v) is 17.5. The highest BCUT2D eigenvalue weighted by Gasteiger charge is 2.29. The van der Waals surface area contributed by atoms with Gasteiger partial charge < -0.3 is 9.64 Å². The minimum Gasteiger partial charge on any atom is -0.380 e. The smallest absolute Gasteiger partial charge is 0.264 e. The molecule has 0 saturated carbocycles. The number of nitrogens with zero attached hydrogens (tertiary/aromatic N) is 4. The number of methoxy groups -OCH3 is 1. The van der Waals surface area contributed by atoms with Crippen molar-refractivity contribution in [2.45, 2.75) is 19.4 Å². The molecule has 1 aliphatic heterocycles. The van der Waals surface area contributed by atoms with Crippen LogP contribution >= 0.6 is 11.3 Å². The number of fused-ring (bicyclic) bond motifs is 2. The van der Waals surface area contributed by atoms with E-state index in [1.54, 1.807) is 23.1 Å². The Kier molecular flexibility index (Phi) is 4.37. The van der Waals surface area contributed by atoms with Gasteiger partial charge >= 0.3 is 0 Å². The molecule has 0 bridgehead atoms. The molecular weight excluding hydrogens is 384 g/mol. The first-order valence-corrected chi connectivity index (χ1v) is 10.5. The van der Waals surface area contributed by atoms with Crippen molar-refractivity contribution >= 4 is 38.4 Å². The molecule has 5 rings (SSSR count). The molecule has 7 heteroatoms. The maximum absolute atomic E-state index is 13.1. The summed E-state index contributed by atoms with van der Waals surface area (Å²) in [4.78, 5) is 20.3. The van der Waals surface area contributed by atoms with Gasteiger partial charge in [-0.3, -0.25) is 9.48 Å². The molecule has 1 fully saturated rings. The molecule has 4 heterocycles. The average molecular weight is 407 g/mol. The van der Waals surface area contributed by atoms with Gasteiger partial charge in [-0.05, 0) is 42.0 Å². The summed E-state index contributed by atoms with van der Waals surface area (Å²) in [6.45, 7) is 3.47. The Hall–Kier alpha value is -2.77. The van der Waals surface area contributed by atoms with E-state index in [1.165, 1.54) is 0 Å². The average Bonchev–Trinajstić information content (AvgIpc) is 3.43. The Morgan fingerprint density at radius 1 is 1.28 bits per heavy atom. The van der Waals surface area contributed by atoms with Gasteiger partial charge in [0.1, 0.15) is 0 Å². The standard InChI is InChI=1S/C22H22N4O2S/c1-13-18-5-4-14(15-8-16-11-25(2)24-21(16)23-10-15)9-19(18)29-20(13)22(27)26-7-6-17(12-26)28-3/h4-5,8-11,17H,6-7,12H2,1-3H3/t17-/m1/s1. The van der Waals surface area contributed by atoms with Gasteiger partial charge in [0.05, 0.1) is 11.0 Å². The van der Waals surface area contributed by atoms with Crippen molar-refractivity contribution in [2.75, 3.05) is 20.2 Å². The predicted molar refractivity (Wildman–Crippen MR) is 115 cm³/mol. The van der Waals surface area contributed by atoms with Gasteiger partial charge in [0.25, 0.3) is 5.91 Å². The maximum atomic E-state index is 13.1. The van der Waals surface area contributed by atoms with Crippen molar-refractivity contribution in [3.63, 3.8) is 0 Å². The molecule has 6 nitrogen and oxygen atoms in total. The SMILES string of the molecule is CO[C@@H]1CCN(C(=O)c2sc3cc(-c4cnc5nn(C)cc5c4)ccc3c2C)C1. The highest BCUT2D eigenvalue weighted by atomic mass is 32.1. The molecule has 1 aromatic carbocycles. The third-order valence-electron chi connectivity index (χ3n) is 5.70.